The topological polar surface area (TPSA) is 76.1 Å². The fraction of sp³-hybridized carbons (Fsp3) is 0.200. The van der Waals surface area contributed by atoms with Crippen molar-refractivity contribution in [2.45, 2.75) is 12.8 Å². The van der Waals surface area contributed by atoms with Crippen molar-refractivity contribution in [2.75, 3.05) is 6.54 Å². The fourth-order valence-electron chi connectivity index (χ4n) is 2.32. The van der Waals surface area contributed by atoms with E-state index >= 15 is 0 Å². The number of hydrogen-bond donors (Lipinski definition) is 1. The number of thiophene rings is 1. The number of nitrogens with zero attached hydrogens (tertiary/aromatic N) is 1. The Hall–Kier alpha value is -2.48. The molecule has 0 saturated carbocycles. The molecule has 2 aromatic heterocycles. The average molecular weight is 336 g/mol. The molecule has 0 bridgehead atoms. The van der Waals surface area contributed by atoms with E-state index in [9.17, 15) is 23.2 Å². The molecule has 0 fully saturated rings. The number of hydrogen-bond acceptors (Lipinski definition) is 5. The van der Waals surface area contributed by atoms with E-state index in [4.69, 9.17) is 0 Å². The maximum atomic E-state index is 12.4. The summed E-state index contributed by atoms with van der Waals surface area (Å²) < 4.78 is 24.1. The molecule has 1 aliphatic carbocycles. The van der Waals surface area contributed by atoms with E-state index in [1.807, 2.05) is 0 Å². The van der Waals surface area contributed by atoms with E-state index in [1.165, 1.54) is 24.5 Å². The summed E-state index contributed by atoms with van der Waals surface area (Å²) in [6.07, 6.45) is -0.00729. The first kappa shape index (κ1) is 15.4. The molecule has 2 heterocycles. The molecule has 1 N–H and O–H groups in total. The highest BCUT2D eigenvalue weighted by Crippen LogP contribution is 2.33. The van der Waals surface area contributed by atoms with Gasteiger partial charge in [-0.25, -0.2) is 8.78 Å². The van der Waals surface area contributed by atoms with Gasteiger partial charge in [-0.05, 0) is 12.1 Å². The second kappa shape index (κ2) is 5.96. The standard InChI is InChI=1S/C15H10F2N2O3S/c16-11(17)6-19-12(20)4-7-3-9-13(21)10-5-18-2-1-8(10)14(22)15(9)23-7/h1-3,5,11H,4,6H2,(H,19,20). The number of rotatable bonds is 4. The summed E-state index contributed by atoms with van der Waals surface area (Å²) in [5.41, 5.74) is 0.752. The quantitative estimate of drug-likeness (QED) is 0.789. The van der Waals surface area contributed by atoms with Gasteiger partial charge in [-0.1, -0.05) is 0 Å². The van der Waals surface area contributed by atoms with Crippen LogP contribution in [-0.2, 0) is 11.2 Å². The molecular weight excluding hydrogens is 326 g/mol. The van der Waals surface area contributed by atoms with Crippen LogP contribution in [0, 0.1) is 0 Å². The molecule has 1 aliphatic rings. The monoisotopic (exact) mass is 336 g/mol. The van der Waals surface area contributed by atoms with Gasteiger partial charge in [-0.15, -0.1) is 11.3 Å². The van der Waals surface area contributed by atoms with Crippen molar-refractivity contribution in [3.63, 3.8) is 0 Å². The third kappa shape index (κ3) is 2.89. The summed E-state index contributed by atoms with van der Waals surface area (Å²) in [6.45, 7) is -0.723. The van der Waals surface area contributed by atoms with Crippen LogP contribution >= 0.6 is 11.3 Å². The molecule has 0 atom stereocenters. The van der Waals surface area contributed by atoms with Gasteiger partial charge in [-0.3, -0.25) is 19.4 Å². The van der Waals surface area contributed by atoms with Crippen molar-refractivity contribution in [1.29, 1.82) is 0 Å². The van der Waals surface area contributed by atoms with Crippen molar-refractivity contribution in [1.82, 2.24) is 10.3 Å². The van der Waals surface area contributed by atoms with Crippen molar-refractivity contribution >= 4 is 28.8 Å². The number of alkyl halides is 2. The minimum absolute atomic E-state index is 0.153. The minimum atomic E-state index is -2.62. The van der Waals surface area contributed by atoms with Crippen molar-refractivity contribution in [3.8, 4) is 0 Å². The highest BCUT2D eigenvalue weighted by molar-refractivity contribution is 7.15. The maximum Gasteiger partial charge on any atom is 0.255 e. The van der Waals surface area contributed by atoms with E-state index in [0.29, 0.717) is 4.88 Å². The molecule has 0 aromatic carbocycles. The van der Waals surface area contributed by atoms with Crippen LogP contribution in [0.5, 0.6) is 0 Å². The van der Waals surface area contributed by atoms with Gasteiger partial charge < -0.3 is 5.32 Å². The molecule has 118 valence electrons. The highest BCUT2D eigenvalue weighted by Gasteiger charge is 2.32. The molecule has 0 aliphatic heterocycles. The lowest BCUT2D eigenvalue weighted by Crippen LogP contribution is -2.29. The van der Waals surface area contributed by atoms with Gasteiger partial charge in [0.2, 0.25) is 11.7 Å². The average Bonchev–Trinajstić information content (AvgIpc) is 2.95. The van der Waals surface area contributed by atoms with Crippen LogP contribution < -0.4 is 5.32 Å². The zero-order valence-corrected chi connectivity index (χ0v) is 12.5. The Morgan fingerprint density at radius 1 is 1.22 bits per heavy atom. The van der Waals surface area contributed by atoms with Crippen LogP contribution in [0.1, 0.15) is 36.0 Å². The Morgan fingerprint density at radius 2 is 2.00 bits per heavy atom. The van der Waals surface area contributed by atoms with Gasteiger partial charge in [0, 0.05) is 28.4 Å². The molecule has 0 saturated heterocycles. The van der Waals surface area contributed by atoms with Crippen molar-refractivity contribution in [2.24, 2.45) is 0 Å². The van der Waals surface area contributed by atoms with E-state index in [0.717, 1.165) is 11.3 Å². The zero-order valence-electron chi connectivity index (χ0n) is 11.6. The van der Waals surface area contributed by atoms with Gasteiger partial charge in [0.05, 0.1) is 23.4 Å². The predicted octanol–water partition coefficient (Wildman–Crippen LogP) is 1.84. The summed E-state index contributed by atoms with van der Waals surface area (Å²) in [6, 6.07) is 2.95. The normalized spacial score (nSPS) is 13.0. The van der Waals surface area contributed by atoms with Crippen LogP contribution in [0.2, 0.25) is 0 Å². The number of carbonyl (C=O) groups is 3. The number of fused-ring (bicyclic) bond motifs is 2. The minimum Gasteiger partial charge on any atom is -0.350 e. The second-order valence-corrected chi connectivity index (χ2v) is 6.04. The number of ketones is 2. The maximum absolute atomic E-state index is 12.4. The molecule has 3 rings (SSSR count). The Kier molecular flexibility index (Phi) is 3.99. The first-order valence-corrected chi connectivity index (χ1v) is 7.50. The van der Waals surface area contributed by atoms with E-state index < -0.39 is 18.9 Å². The smallest absolute Gasteiger partial charge is 0.255 e. The Labute approximate surface area is 133 Å². The second-order valence-electron chi connectivity index (χ2n) is 4.91. The molecule has 1 amide bonds. The SMILES string of the molecule is O=C(Cc1cc2c(s1)C(=O)c1ccncc1C2=O)NCC(F)F. The molecule has 5 nitrogen and oxygen atoms in total. The number of pyridine rings is 1. The van der Waals surface area contributed by atoms with Crippen LogP contribution in [0.4, 0.5) is 8.78 Å². The number of nitrogens with one attached hydrogen (secondary N) is 1. The van der Waals surface area contributed by atoms with Gasteiger partial charge in [0.15, 0.2) is 5.78 Å². The largest absolute Gasteiger partial charge is 0.350 e. The molecular formula is C15H10F2N2O3S. The van der Waals surface area contributed by atoms with Crippen LogP contribution in [0.15, 0.2) is 24.5 Å². The predicted molar refractivity (Wildman–Crippen MR) is 78.1 cm³/mol. The van der Waals surface area contributed by atoms with Gasteiger partial charge >= 0.3 is 0 Å². The zero-order chi connectivity index (χ0) is 16.6. The lowest BCUT2D eigenvalue weighted by molar-refractivity contribution is -0.121. The summed E-state index contributed by atoms with van der Waals surface area (Å²) >= 11 is 1.03. The molecule has 2 aromatic rings. The van der Waals surface area contributed by atoms with Gasteiger partial charge in [0.1, 0.15) is 0 Å². The van der Waals surface area contributed by atoms with Crippen LogP contribution in [0.3, 0.4) is 0 Å². The number of carbonyl (C=O) groups excluding carboxylic acids is 3. The molecule has 23 heavy (non-hydrogen) atoms. The Morgan fingerprint density at radius 3 is 2.74 bits per heavy atom. The molecule has 0 spiro atoms. The number of halogens is 2. The Bertz CT molecular complexity index is 764. The third-order valence-electron chi connectivity index (χ3n) is 3.33. The van der Waals surface area contributed by atoms with Crippen molar-refractivity contribution in [3.05, 3.63) is 51.0 Å². The number of aromatic nitrogens is 1. The van der Waals surface area contributed by atoms with E-state index in [1.54, 1.807) is 0 Å². The molecule has 0 unspecified atom stereocenters. The highest BCUT2D eigenvalue weighted by atomic mass is 32.1. The first-order valence-electron chi connectivity index (χ1n) is 6.68. The van der Waals surface area contributed by atoms with E-state index in [-0.39, 0.29) is 39.6 Å². The Balaban J connectivity index is 1.85. The summed E-state index contributed by atoms with van der Waals surface area (Å²) in [4.78, 5) is 41.0. The summed E-state index contributed by atoms with van der Waals surface area (Å²) in [7, 11) is 0. The third-order valence-corrected chi connectivity index (χ3v) is 4.47. The van der Waals surface area contributed by atoms with E-state index in [2.05, 4.69) is 10.3 Å². The lowest BCUT2D eigenvalue weighted by atomic mass is 9.90. The lowest BCUT2D eigenvalue weighted by Gasteiger charge is -2.12. The van der Waals surface area contributed by atoms with Crippen LogP contribution in [0.25, 0.3) is 0 Å². The fourth-order valence-corrected chi connectivity index (χ4v) is 3.43. The van der Waals surface area contributed by atoms with Crippen LogP contribution in [-0.4, -0.2) is 35.4 Å². The molecule has 0 radical (unpaired) electrons. The van der Waals surface area contributed by atoms with Crippen molar-refractivity contribution < 1.29 is 23.2 Å². The van der Waals surface area contributed by atoms with Gasteiger partial charge in [-0.2, -0.15) is 0 Å². The first-order chi connectivity index (χ1) is 11.0. The number of amides is 1. The summed E-state index contributed by atoms with van der Waals surface area (Å²) in [5, 5.41) is 2.09. The molecule has 8 heteroatoms. The summed E-state index contributed by atoms with van der Waals surface area (Å²) in [5.74, 6) is -1.19. The van der Waals surface area contributed by atoms with Gasteiger partial charge in [0.25, 0.3) is 6.43 Å².